The first-order valence-electron chi connectivity index (χ1n) is 9.63. The van der Waals surface area contributed by atoms with Crippen molar-refractivity contribution >= 4 is 5.91 Å². The van der Waals surface area contributed by atoms with Gasteiger partial charge < -0.3 is 20.1 Å². The Morgan fingerprint density at radius 3 is 3.00 bits per heavy atom. The second kappa shape index (κ2) is 8.00. The van der Waals surface area contributed by atoms with Gasteiger partial charge in [-0.1, -0.05) is 0 Å². The molecule has 1 aromatic heterocycles. The number of aromatic nitrogens is 2. The molecule has 2 aromatic rings. The average molecular weight is 370 g/mol. The highest BCUT2D eigenvalue weighted by Gasteiger charge is 2.22. The van der Waals surface area contributed by atoms with Gasteiger partial charge in [-0.05, 0) is 37.8 Å². The molecule has 1 amide bonds. The van der Waals surface area contributed by atoms with E-state index in [4.69, 9.17) is 9.47 Å². The number of hydrogen-bond donors (Lipinski definition) is 3. The van der Waals surface area contributed by atoms with Crippen molar-refractivity contribution in [1.82, 2.24) is 20.8 Å². The van der Waals surface area contributed by atoms with Gasteiger partial charge in [0.2, 0.25) is 0 Å². The first kappa shape index (κ1) is 17.9. The zero-order chi connectivity index (χ0) is 18.6. The quantitative estimate of drug-likeness (QED) is 0.726. The molecule has 0 spiro atoms. The van der Waals surface area contributed by atoms with Crippen LogP contribution in [0, 0.1) is 0 Å². The summed E-state index contributed by atoms with van der Waals surface area (Å²) in [6.07, 6.45) is 5.69. The summed E-state index contributed by atoms with van der Waals surface area (Å²) in [6.45, 7) is 1.97. The van der Waals surface area contributed by atoms with Gasteiger partial charge >= 0.3 is 0 Å². The van der Waals surface area contributed by atoms with Crippen LogP contribution < -0.4 is 20.1 Å². The molecule has 1 saturated carbocycles. The molecule has 1 aliphatic heterocycles. The fourth-order valence-corrected chi connectivity index (χ4v) is 3.78. The summed E-state index contributed by atoms with van der Waals surface area (Å²) in [7, 11) is 1.64. The number of amides is 1. The van der Waals surface area contributed by atoms with E-state index < -0.39 is 0 Å². The number of hydrogen-bond acceptors (Lipinski definition) is 5. The van der Waals surface area contributed by atoms with Crippen molar-refractivity contribution in [2.75, 3.05) is 13.7 Å². The first-order chi connectivity index (χ1) is 13.2. The van der Waals surface area contributed by atoms with Crippen LogP contribution in [0.15, 0.2) is 18.2 Å². The van der Waals surface area contributed by atoms with Crippen LogP contribution in [-0.4, -0.2) is 35.9 Å². The fraction of sp³-hybridized carbons (Fsp3) is 0.500. The maximum Gasteiger partial charge on any atom is 0.272 e. The van der Waals surface area contributed by atoms with Gasteiger partial charge in [-0.25, -0.2) is 0 Å². The summed E-state index contributed by atoms with van der Waals surface area (Å²) in [4.78, 5) is 12.6. The standard InChI is InChI=1S/C20H26N4O3/c1-26-15-7-6-13(18(10-15)27-14-4-2-3-5-14)11-22-20(25)19-16-12-21-9-8-17(16)23-24-19/h6-7,10,14,21H,2-5,8-9,11-12H2,1H3,(H,22,25)(H,23,24). The Morgan fingerprint density at radius 1 is 1.33 bits per heavy atom. The van der Waals surface area contributed by atoms with Gasteiger partial charge in [-0.3, -0.25) is 9.89 Å². The Kier molecular flexibility index (Phi) is 5.29. The van der Waals surface area contributed by atoms with Crippen LogP contribution in [0.25, 0.3) is 0 Å². The lowest BCUT2D eigenvalue weighted by molar-refractivity contribution is 0.0944. The Balaban J connectivity index is 1.47. The fourth-order valence-electron chi connectivity index (χ4n) is 3.78. The van der Waals surface area contributed by atoms with E-state index in [1.54, 1.807) is 7.11 Å². The molecular weight excluding hydrogens is 344 g/mol. The molecule has 4 rings (SSSR count). The zero-order valence-electron chi connectivity index (χ0n) is 15.6. The van der Waals surface area contributed by atoms with Crippen LogP contribution in [0.1, 0.15) is 53.0 Å². The van der Waals surface area contributed by atoms with Crippen LogP contribution in [0.5, 0.6) is 11.5 Å². The Morgan fingerprint density at radius 2 is 2.19 bits per heavy atom. The van der Waals surface area contributed by atoms with Crippen molar-refractivity contribution in [2.24, 2.45) is 0 Å². The van der Waals surface area contributed by atoms with E-state index in [0.29, 0.717) is 18.8 Å². The smallest absolute Gasteiger partial charge is 0.272 e. The molecule has 7 nitrogen and oxygen atoms in total. The monoisotopic (exact) mass is 370 g/mol. The van der Waals surface area contributed by atoms with Gasteiger partial charge in [-0.2, -0.15) is 5.10 Å². The molecule has 1 aromatic carbocycles. The minimum Gasteiger partial charge on any atom is -0.497 e. The first-order valence-corrected chi connectivity index (χ1v) is 9.63. The lowest BCUT2D eigenvalue weighted by Crippen LogP contribution is -2.28. The lowest BCUT2D eigenvalue weighted by atomic mass is 10.1. The second-order valence-electron chi connectivity index (χ2n) is 7.14. The number of methoxy groups -OCH3 is 1. The number of nitrogens with zero attached hydrogens (tertiary/aromatic N) is 1. The van der Waals surface area contributed by atoms with Crippen molar-refractivity contribution in [3.05, 3.63) is 40.7 Å². The van der Waals surface area contributed by atoms with Gasteiger partial charge in [0, 0.05) is 48.9 Å². The molecule has 0 unspecified atom stereocenters. The molecule has 144 valence electrons. The number of fused-ring (bicyclic) bond motifs is 1. The number of ether oxygens (including phenoxy) is 2. The van der Waals surface area contributed by atoms with Crippen molar-refractivity contribution in [2.45, 2.75) is 51.3 Å². The number of rotatable bonds is 6. The molecule has 0 atom stereocenters. The third kappa shape index (κ3) is 3.93. The van der Waals surface area contributed by atoms with Gasteiger partial charge in [0.05, 0.1) is 13.2 Å². The SMILES string of the molecule is COc1ccc(CNC(=O)c2n[nH]c3c2CNCC3)c(OC2CCCC2)c1. The van der Waals surface area contributed by atoms with Gasteiger partial charge in [0.15, 0.2) is 5.69 Å². The van der Waals surface area contributed by atoms with E-state index in [1.165, 1.54) is 12.8 Å². The molecule has 0 bridgehead atoms. The number of H-pyrrole nitrogens is 1. The number of carbonyl (C=O) groups excluding carboxylic acids is 1. The molecule has 27 heavy (non-hydrogen) atoms. The van der Waals surface area contributed by atoms with Crippen LogP contribution in [0.4, 0.5) is 0 Å². The van der Waals surface area contributed by atoms with Crippen LogP contribution >= 0.6 is 0 Å². The highest BCUT2D eigenvalue weighted by Crippen LogP contribution is 2.30. The molecule has 1 fully saturated rings. The molecule has 0 radical (unpaired) electrons. The van der Waals surface area contributed by atoms with Gasteiger partial charge in [0.1, 0.15) is 11.5 Å². The predicted molar refractivity (Wildman–Crippen MR) is 101 cm³/mol. The van der Waals surface area contributed by atoms with E-state index in [9.17, 15) is 4.79 Å². The second-order valence-corrected chi connectivity index (χ2v) is 7.14. The van der Waals surface area contributed by atoms with E-state index >= 15 is 0 Å². The molecule has 0 saturated heterocycles. The molecule has 7 heteroatoms. The van der Waals surface area contributed by atoms with Crippen molar-refractivity contribution in [3.8, 4) is 11.5 Å². The van der Waals surface area contributed by atoms with Crippen molar-refractivity contribution in [1.29, 1.82) is 0 Å². The molecule has 3 N–H and O–H groups in total. The Hall–Kier alpha value is -2.54. The predicted octanol–water partition coefficient (Wildman–Crippen LogP) is 2.32. The van der Waals surface area contributed by atoms with E-state index in [-0.39, 0.29) is 12.0 Å². The maximum absolute atomic E-state index is 12.6. The highest BCUT2D eigenvalue weighted by atomic mass is 16.5. The summed E-state index contributed by atoms with van der Waals surface area (Å²) < 4.78 is 11.5. The number of benzene rings is 1. The minimum absolute atomic E-state index is 0.168. The van der Waals surface area contributed by atoms with Crippen LogP contribution in [0.3, 0.4) is 0 Å². The molecule has 1 aliphatic carbocycles. The number of aromatic amines is 1. The third-order valence-electron chi connectivity index (χ3n) is 5.33. The van der Waals surface area contributed by atoms with Gasteiger partial charge in [-0.15, -0.1) is 0 Å². The minimum atomic E-state index is -0.168. The Bertz CT molecular complexity index is 812. The Labute approximate surface area is 158 Å². The highest BCUT2D eigenvalue weighted by molar-refractivity contribution is 5.94. The number of carbonyl (C=O) groups is 1. The normalized spacial score (nSPS) is 16.8. The van der Waals surface area contributed by atoms with Crippen molar-refractivity contribution in [3.63, 3.8) is 0 Å². The molecule has 2 heterocycles. The van der Waals surface area contributed by atoms with Crippen LogP contribution in [0.2, 0.25) is 0 Å². The zero-order valence-corrected chi connectivity index (χ0v) is 15.6. The molecular formula is C20H26N4O3. The van der Waals surface area contributed by atoms with Gasteiger partial charge in [0.25, 0.3) is 5.91 Å². The summed E-state index contributed by atoms with van der Waals surface area (Å²) in [6, 6.07) is 5.74. The summed E-state index contributed by atoms with van der Waals surface area (Å²) in [5, 5.41) is 13.5. The topological polar surface area (TPSA) is 88.3 Å². The van der Waals surface area contributed by atoms with Crippen LogP contribution in [-0.2, 0) is 19.5 Å². The summed E-state index contributed by atoms with van der Waals surface area (Å²) >= 11 is 0. The van der Waals surface area contributed by atoms with Crippen molar-refractivity contribution < 1.29 is 14.3 Å². The molecule has 2 aliphatic rings. The van der Waals surface area contributed by atoms with E-state index in [0.717, 1.165) is 54.1 Å². The number of nitrogens with one attached hydrogen (secondary N) is 3. The summed E-state index contributed by atoms with van der Waals surface area (Å²) in [5.74, 6) is 1.37. The average Bonchev–Trinajstić information content (AvgIpc) is 3.36. The summed E-state index contributed by atoms with van der Waals surface area (Å²) in [5.41, 5.74) is 3.44. The van der Waals surface area contributed by atoms with E-state index in [2.05, 4.69) is 20.8 Å². The maximum atomic E-state index is 12.6. The van der Waals surface area contributed by atoms with E-state index in [1.807, 2.05) is 18.2 Å². The lowest BCUT2D eigenvalue weighted by Gasteiger charge is -2.18. The third-order valence-corrected chi connectivity index (χ3v) is 5.33. The largest absolute Gasteiger partial charge is 0.497 e.